The Labute approximate surface area is 220 Å². The van der Waals surface area contributed by atoms with Gasteiger partial charge in [0, 0.05) is 0 Å². The lowest BCUT2D eigenvalue weighted by molar-refractivity contribution is -0.881. The highest BCUT2D eigenvalue weighted by Crippen LogP contribution is 2.16. The van der Waals surface area contributed by atoms with Crippen molar-refractivity contribution in [3.8, 4) is 0 Å². The third-order valence-electron chi connectivity index (χ3n) is 7.35. The fraction of sp³-hybridized carbons (Fsp3) is 1.00. The van der Waals surface area contributed by atoms with Crippen LogP contribution in [0.15, 0.2) is 0 Å². The summed E-state index contributed by atoms with van der Waals surface area (Å²) in [5.41, 5.74) is 0. The molecule has 0 spiro atoms. The maximum atomic E-state index is 13.0. The molecule has 0 aliphatic carbocycles. The van der Waals surface area contributed by atoms with Gasteiger partial charge in [-0.3, -0.25) is 0 Å². The highest BCUT2D eigenvalue weighted by atomic mass is 16.5. The largest absolute Gasteiger partial charge is 0.633 e. The van der Waals surface area contributed by atoms with Crippen LogP contribution in [0.25, 0.3) is 0 Å². The number of hydrogen-bond acceptors (Lipinski definition) is 2. The van der Waals surface area contributed by atoms with E-state index in [9.17, 15) is 10.3 Å². The molecule has 0 aromatic rings. The molecule has 0 bridgehead atoms. The van der Waals surface area contributed by atoms with Crippen LogP contribution < -0.4 is 0 Å². The quantitative estimate of drug-likeness (QED) is 0.0659. The van der Waals surface area contributed by atoms with Crippen LogP contribution in [-0.2, 0) is 0 Å². The third-order valence-corrected chi connectivity index (χ3v) is 7.35. The van der Waals surface area contributed by atoms with Crippen molar-refractivity contribution in [1.82, 2.24) is 0 Å². The number of rotatable bonds is 28. The van der Waals surface area contributed by atoms with E-state index in [1.165, 1.54) is 141 Å². The molecule has 0 heterocycles. The first-order valence-corrected chi connectivity index (χ1v) is 15.4. The zero-order valence-electron chi connectivity index (χ0n) is 24.1. The molecule has 0 saturated carbocycles. The van der Waals surface area contributed by atoms with Gasteiger partial charge >= 0.3 is 0 Å². The number of nitrogens with zero attached hydrogens (tertiary/aromatic N) is 1. The Morgan fingerprint density at radius 1 is 0.400 bits per heavy atom. The molecule has 0 fully saturated rings. The van der Waals surface area contributed by atoms with Crippen molar-refractivity contribution in [3.63, 3.8) is 0 Å². The normalized spacial score (nSPS) is 11.3. The van der Waals surface area contributed by atoms with Gasteiger partial charge in [0.25, 0.3) is 0 Å². The predicted octanol–water partition coefficient (Wildman–Crippen LogP) is 8.05. The minimum absolute atomic E-state index is 0. The SMILES string of the molecule is CCCCCCCCCCCCCC[N+]([O-])(CCO)CCCCCCCCCCCCCC.O.O. The van der Waals surface area contributed by atoms with E-state index in [4.69, 9.17) is 0 Å². The number of unbranched alkanes of at least 4 members (excludes halogenated alkanes) is 22. The van der Waals surface area contributed by atoms with Crippen LogP contribution in [0.1, 0.15) is 168 Å². The molecule has 35 heavy (non-hydrogen) atoms. The summed E-state index contributed by atoms with van der Waals surface area (Å²) in [5, 5.41) is 22.4. The second kappa shape index (κ2) is 31.8. The maximum Gasteiger partial charge on any atom is 0.102 e. The van der Waals surface area contributed by atoms with Gasteiger partial charge in [0.05, 0.1) is 19.7 Å². The monoisotopic (exact) mass is 506 g/mol. The van der Waals surface area contributed by atoms with E-state index in [2.05, 4.69) is 13.8 Å². The van der Waals surface area contributed by atoms with Crippen molar-refractivity contribution in [2.75, 3.05) is 26.2 Å². The van der Waals surface area contributed by atoms with Crippen molar-refractivity contribution < 1.29 is 20.7 Å². The van der Waals surface area contributed by atoms with Gasteiger partial charge in [0.1, 0.15) is 6.54 Å². The number of hydroxylamine groups is 3. The first-order chi connectivity index (χ1) is 16.2. The molecular weight excluding hydrogens is 438 g/mol. The van der Waals surface area contributed by atoms with Crippen molar-refractivity contribution in [3.05, 3.63) is 5.21 Å². The molecule has 5 heteroatoms. The predicted molar refractivity (Wildman–Crippen MR) is 155 cm³/mol. The van der Waals surface area contributed by atoms with Crippen LogP contribution in [0.3, 0.4) is 0 Å². The maximum absolute atomic E-state index is 13.0. The molecule has 216 valence electrons. The number of aliphatic hydroxyl groups excluding tert-OH is 1. The van der Waals surface area contributed by atoms with E-state index in [-0.39, 0.29) is 22.2 Å². The standard InChI is InChI=1S/C30H63NO2.2H2O/c1-3-5-7-9-11-13-15-17-19-21-23-25-27-31(33,29-30-32)28-26-24-22-20-18-16-14-12-10-8-6-4-2;;/h32H,3-30H2,1-2H3;2*1H2. The summed E-state index contributed by atoms with van der Waals surface area (Å²) < 4.78 is -0.161. The summed E-state index contributed by atoms with van der Waals surface area (Å²) in [6, 6.07) is 0. The van der Waals surface area contributed by atoms with Crippen LogP contribution in [0.4, 0.5) is 0 Å². The minimum Gasteiger partial charge on any atom is -0.633 e. The van der Waals surface area contributed by atoms with Gasteiger partial charge in [-0.15, -0.1) is 0 Å². The summed E-state index contributed by atoms with van der Waals surface area (Å²) >= 11 is 0. The van der Waals surface area contributed by atoms with E-state index in [0.717, 1.165) is 12.8 Å². The molecular formula is C30H67NO4. The van der Waals surface area contributed by atoms with Crippen molar-refractivity contribution >= 4 is 0 Å². The first kappa shape index (κ1) is 39.3. The van der Waals surface area contributed by atoms with Gasteiger partial charge in [0.15, 0.2) is 0 Å². The second-order valence-corrected chi connectivity index (χ2v) is 10.7. The lowest BCUT2D eigenvalue weighted by atomic mass is 10.0. The van der Waals surface area contributed by atoms with Crippen molar-refractivity contribution in [1.29, 1.82) is 0 Å². The molecule has 0 aliphatic rings. The molecule has 0 atom stereocenters. The summed E-state index contributed by atoms with van der Waals surface area (Å²) in [7, 11) is 0. The van der Waals surface area contributed by atoms with Crippen LogP contribution in [0.5, 0.6) is 0 Å². The minimum atomic E-state index is -0.161. The topological polar surface area (TPSA) is 106 Å². The molecule has 0 unspecified atom stereocenters. The lowest BCUT2D eigenvalue weighted by Crippen LogP contribution is -2.45. The van der Waals surface area contributed by atoms with Crippen molar-refractivity contribution in [2.45, 2.75) is 168 Å². The van der Waals surface area contributed by atoms with E-state index in [0.29, 0.717) is 19.6 Å². The van der Waals surface area contributed by atoms with Gasteiger partial charge in [-0.05, 0) is 25.7 Å². The summed E-state index contributed by atoms with van der Waals surface area (Å²) in [6.07, 6.45) is 31.9. The average molecular weight is 506 g/mol. The molecule has 0 aromatic heterocycles. The van der Waals surface area contributed by atoms with Gasteiger partial charge < -0.3 is 25.9 Å². The zero-order valence-corrected chi connectivity index (χ0v) is 24.1. The number of hydrogen-bond donors (Lipinski definition) is 1. The van der Waals surface area contributed by atoms with Gasteiger partial charge in [-0.1, -0.05) is 142 Å². The fourth-order valence-electron chi connectivity index (χ4n) is 5.00. The molecule has 5 N–H and O–H groups in total. The summed E-state index contributed by atoms with van der Waals surface area (Å²) in [4.78, 5) is 0. The Morgan fingerprint density at radius 2 is 0.629 bits per heavy atom. The van der Waals surface area contributed by atoms with Gasteiger partial charge in [0.2, 0.25) is 0 Å². The summed E-state index contributed by atoms with van der Waals surface area (Å²) in [6.45, 7) is 6.38. The highest BCUT2D eigenvalue weighted by molar-refractivity contribution is 4.53. The summed E-state index contributed by atoms with van der Waals surface area (Å²) in [5.74, 6) is 0. The van der Waals surface area contributed by atoms with E-state index in [1.807, 2.05) is 0 Å². The Bertz CT molecular complexity index is 340. The molecule has 5 nitrogen and oxygen atoms in total. The van der Waals surface area contributed by atoms with Crippen LogP contribution in [0, 0.1) is 5.21 Å². The fourth-order valence-corrected chi connectivity index (χ4v) is 5.00. The average Bonchev–Trinajstić information content (AvgIpc) is 2.81. The first-order valence-electron chi connectivity index (χ1n) is 15.4. The van der Waals surface area contributed by atoms with E-state index < -0.39 is 0 Å². The van der Waals surface area contributed by atoms with E-state index >= 15 is 0 Å². The van der Waals surface area contributed by atoms with Gasteiger partial charge in [-0.25, -0.2) is 0 Å². The highest BCUT2D eigenvalue weighted by Gasteiger charge is 2.15. The lowest BCUT2D eigenvalue weighted by Gasteiger charge is -2.42. The Morgan fingerprint density at radius 3 is 0.857 bits per heavy atom. The Hall–Kier alpha value is -0.200. The van der Waals surface area contributed by atoms with Crippen LogP contribution in [0.2, 0.25) is 0 Å². The molecule has 0 aliphatic heterocycles. The van der Waals surface area contributed by atoms with Crippen molar-refractivity contribution in [2.24, 2.45) is 0 Å². The molecule has 0 saturated heterocycles. The van der Waals surface area contributed by atoms with Crippen LogP contribution in [-0.4, -0.2) is 46.9 Å². The Kier molecular flexibility index (Phi) is 35.8. The van der Waals surface area contributed by atoms with E-state index in [1.54, 1.807) is 0 Å². The molecule has 0 aromatic carbocycles. The molecule has 0 rings (SSSR count). The number of quaternary nitrogens is 1. The second-order valence-electron chi connectivity index (χ2n) is 10.7. The smallest absolute Gasteiger partial charge is 0.102 e. The zero-order chi connectivity index (χ0) is 24.3. The molecule has 0 radical (unpaired) electrons. The van der Waals surface area contributed by atoms with Gasteiger partial charge in [-0.2, -0.15) is 0 Å². The number of aliphatic hydroxyl groups is 1. The molecule has 0 amide bonds. The van der Waals surface area contributed by atoms with Crippen LogP contribution >= 0.6 is 0 Å². The Balaban J connectivity index is -0.00000512. The third kappa shape index (κ3) is 29.9.